The quantitative estimate of drug-likeness (QED) is 0.0431. The monoisotopic (exact) mass is 1540 g/mol. The number of benzene rings is 3. The fourth-order valence-corrected chi connectivity index (χ4v) is 17.9. The third kappa shape index (κ3) is 53.6. The van der Waals surface area contributed by atoms with Gasteiger partial charge in [0.25, 0.3) is 0 Å². The topological polar surface area (TPSA) is 62.7 Å². The Labute approximate surface area is 699 Å². The van der Waals surface area contributed by atoms with E-state index in [1.165, 1.54) is 481 Å². The van der Waals surface area contributed by atoms with E-state index in [9.17, 15) is 0 Å². The first-order valence-corrected chi connectivity index (χ1v) is 50.9. The van der Waals surface area contributed by atoms with Gasteiger partial charge in [0.2, 0.25) is 11.9 Å². The molecule has 5 nitrogen and oxygen atoms in total. The summed E-state index contributed by atoms with van der Waals surface area (Å²) < 4.78 is 0. The van der Waals surface area contributed by atoms with Gasteiger partial charge >= 0.3 is 0 Å². The normalized spacial score (nSPS) is 11.7. The fraction of sp³-hybridized carbons (Fsp3) is 0.794. The molecule has 4 rings (SSSR count). The molecule has 3 aromatic carbocycles. The van der Waals surface area contributed by atoms with Gasteiger partial charge in [0.1, 0.15) is 0 Å². The first-order chi connectivity index (χ1) is 55.5. The van der Waals surface area contributed by atoms with Gasteiger partial charge in [-0.2, -0.15) is 15.0 Å². The van der Waals surface area contributed by atoms with Gasteiger partial charge in [0.15, 0.2) is 5.82 Å². The smallest absolute Gasteiger partial charge is 0.232 e. The summed E-state index contributed by atoms with van der Waals surface area (Å²) in [7, 11) is 0. The maximum atomic E-state index is 5.46. The zero-order valence-electron chi connectivity index (χ0n) is 76.0. The summed E-state index contributed by atoms with van der Waals surface area (Å²) in [6.07, 6.45) is 107. The van der Waals surface area contributed by atoms with Crippen molar-refractivity contribution in [3.8, 4) is 11.4 Å². The average molecular weight is 1540 g/mol. The molecule has 0 bridgehead atoms. The molecule has 0 saturated carbocycles. The van der Waals surface area contributed by atoms with Gasteiger partial charge < -0.3 is 10.6 Å². The van der Waals surface area contributed by atoms with Gasteiger partial charge in [0, 0.05) is 16.9 Å². The Kier molecular flexibility index (Phi) is 67.2. The Morgan fingerprint density at radius 1 is 0.214 bits per heavy atom. The highest BCUT2D eigenvalue weighted by Gasteiger charge is 2.18. The van der Waals surface area contributed by atoms with E-state index < -0.39 is 0 Å². The van der Waals surface area contributed by atoms with Crippen LogP contribution in [0.2, 0.25) is 0 Å². The Balaban J connectivity index is 1.73. The Hall–Kier alpha value is -3.73. The fourth-order valence-electron chi connectivity index (χ4n) is 17.9. The lowest BCUT2D eigenvalue weighted by Gasteiger charge is -2.20. The van der Waals surface area contributed by atoms with Gasteiger partial charge in [-0.25, -0.2) is 0 Å². The van der Waals surface area contributed by atoms with Crippen molar-refractivity contribution in [3.63, 3.8) is 0 Å². The molecule has 0 aliphatic rings. The molecule has 1 radical (unpaired) electrons. The van der Waals surface area contributed by atoms with Crippen molar-refractivity contribution in [2.24, 2.45) is 0 Å². The van der Waals surface area contributed by atoms with E-state index in [0.29, 0.717) is 17.7 Å². The number of nitrogens with one attached hydrogen (secondary N) is 2. The molecule has 4 aromatic rings. The van der Waals surface area contributed by atoms with E-state index in [0.717, 1.165) is 49.0 Å². The lowest BCUT2D eigenvalue weighted by molar-refractivity contribution is 0.540. The van der Waals surface area contributed by atoms with Crippen molar-refractivity contribution in [3.05, 3.63) is 94.4 Å². The van der Waals surface area contributed by atoms with Crippen molar-refractivity contribution < 1.29 is 0 Å². The van der Waals surface area contributed by atoms with E-state index in [4.69, 9.17) is 15.0 Å². The number of hydrogen-bond acceptors (Lipinski definition) is 5. The Morgan fingerprint density at radius 3 is 0.580 bits per heavy atom. The van der Waals surface area contributed by atoms with Gasteiger partial charge in [-0.1, -0.05) is 490 Å². The zero-order chi connectivity index (χ0) is 79.6. The molecular formula is C107H188N5. The Morgan fingerprint density at radius 2 is 0.393 bits per heavy atom. The highest BCUT2D eigenvalue weighted by atomic mass is 15.2. The van der Waals surface area contributed by atoms with Gasteiger partial charge in [-0.3, -0.25) is 0 Å². The summed E-state index contributed by atoms with van der Waals surface area (Å²) in [6, 6.07) is 19.1. The first-order valence-electron chi connectivity index (χ1n) is 50.9. The highest BCUT2D eigenvalue weighted by Crippen LogP contribution is 2.34. The first kappa shape index (κ1) is 101. The van der Waals surface area contributed by atoms with Crippen LogP contribution in [0.4, 0.5) is 23.3 Å². The molecular weight excluding hydrogens is 1360 g/mol. The van der Waals surface area contributed by atoms with Crippen LogP contribution < -0.4 is 10.6 Å². The van der Waals surface area contributed by atoms with Gasteiger partial charge in [-0.05, 0) is 154 Å². The van der Waals surface area contributed by atoms with Crippen LogP contribution >= 0.6 is 0 Å². The molecule has 0 atom stereocenters. The third-order valence-electron chi connectivity index (χ3n) is 25.3. The second-order valence-electron chi connectivity index (χ2n) is 35.9. The molecule has 0 spiro atoms. The molecule has 0 saturated heterocycles. The second-order valence-corrected chi connectivity index (χ2v) is 35.9. The van der Waals surface area contributed by atoms with Crippen molar-refractivity contribution in [2.75, 3.05) is 10.6 Å². The summed E-state index contributed by atoms with van der Waals surface area (Å²) in [5.41, 5.74) is 14.2. The summed E-state index contributed by atoms with van der Waals surface area (Å²) in [4.78, 5) is 16.3. The maximum absolute atomic E-state index is 5.46. The molecule has 0 unspecified atom stereocenters. The van der Waals surface area contributed by atoms with Crippen LogP contribution in [-0.4, -0.2) is 15.0 Å². The lowest BCUT2D eigenvalue weighted by atomic mass is 9.89. The molecule has 1 aromatic heterocycles. The molecule has 1 heterocycles. The SMILES string of the molecule is [CH2]Cc1ccc(-c2nc(Nc3cc(CCCCCCCCCCCCCC)c(CCCCCCCCCCCCCC)c(CCCCCCCCCCCCCC)c3)nc(Nc3cc(CCCCCCCCCCCCCC)c(CCCCCCCCCCCCCC)c(CCCCCCCCCCCCCC)c3)n2)cc1. The predicted molar refractivity (Wildman–Crippen MR) is 502 cm³/mol. The van der Waals surface area contributed by atoms with Crippen LogP contribution in [0.25, 0.3) is 11.4 Å². The Bertz CT molecular complexity index is 2440. The molecule has 0 aliphatic carbocycles. The van der Waals surface area contributed by atoms with Crippen LogP contribution in [0, 0.1) is 6.92 Å². The summed E-state index contributed by atoms with van der Waals surface area (Å²) in [6.45, 7) is 18.3. The van der Waals surface area contributed by atoms with E-state index in [1.54, 1.807) is 33.4 Å². The van der Waals surface area contributed by atoms with E-state index in [2.05, 4.69) is 108 Å². The third-order valence-corrected chi connectivity index (χ3v) is 25.3. The predicted octanol–water partition coefficient (Wildman–Crippen LogP) is 36.9. The minimum absolute atomic E-state index is 0.632. The molecule has 641 valence electrons. The molecule has 2 N–H and O–H groups in total. The number of hydrogen-bond donors (Lipinski definition) is 2. The van der Waals surface area contributed by atoms with E-state index in [-0.39, 0.29) is 0 Å². The van der Waals surface area contributed by atoms with Crippen molar-refractivity contribution in [1.29, 1.82) is 0 Å². The minimum Gasteiger partial charge on any atom is -0.324 e. The standard InChI is InChI=1S/C107H188N5/c1-8-15-21-27-33-39-45-51-57-63-69-75-81-97-91-101(92-98(82-76-70-64-58-52-46-40-34-28-22-16-9-2)103(97)85-79-73-67-61-55-49-43-37-31-25-19-12-5)108-106-110-105(96-89-87-95(14-7)88-90-96)111-107(112-106)109-102-93-99(83-77-71-65-59-53-47-41-35-29-23-17-10-3)104(86-80-74-68-62-56-50-44-38-32-26-20-13-6)100(94-102)84-78-72-66-60-54-48-42-36-30-24-18-11-4/h87-94H,7-86H2,1-6H3,(H2,108,109,110,111,112). The highest BCUT2D eigenvalue weighted by molar-refractivity contribution is 5.66. The molecule has 112 heavy (non-hydrogen) atoms. The molecule has 0 amide bonds. The van der Waals surface area contributed by atoms with Crippen molar-refractivity contribution in [2.45, 2.75) is 549 Å². The second kappa shape index (κ2) is 74.8. The number of anilines is 4. The van der Waals surface area contributed by atoms with Crippen molar-refractivity contribution >= 4 is 23.3 Å². The number of aromatic nitrogens is 3. The maximum Gasteiger partial charge on any atom is 0.232 e. The summed E-state index contributed by atoms with van der Waals surface area (Å²) >= 11 is 0. The summed E-state index contributed by atoms with van der Waals surface area (Å²) in [5, 5.41) is 7.97. The average Bonchev–Trinajstić information content (AvgIpc) is 0.806. The zero-order valence-corrected chi connectivity index (χ0v) is 76.0. The van der Waals surface area contributed by atoms with Crippen LogP contribution in [-0.2, 0) is 44.9 Å². The van der Waals surface area contributed by atoms with Crippen LogP contribution in [0.5, 0.6) is 0 Å². The number of rotatable bonds is 84. The largest absolute Gasteiger partial charge is 0.324 e. The van der Waals surface area contributed by atoms with Gasteiger partial charge in [-0.15, -0.1) is 0 Å². The van der Waals surface area contributed by atoms with Crippen LogP contribution in [0.15, 0.2) is 48.5 Å². The van der Waals surface area contributed by atoms with Crippen molar-refractivity contribution in [1.82, 2.24) is 15.0 Å². The number of aryl methyl sites for hydroxylation is 4. The minimum atomic E-state index is 0.632. The van der Waals surface area contributed by atoms with Crippen LogP contribution in [0.3, 0.4) is 0 Å². The number of nitrogens with zero attached hydrogens (tertiary/aromatic N) is 3. The molecule has 0 fully saturated rings. The lowest BCUT2D eigenvalue weighted by Crippen LogP contribution is -2.09. The number of unbranched alkanes of at least 4 members (excludes halogenated alkanes) is 66. The summed E-state index contributed by atoms with van der Waals surface area (Å²) in [5.74, 6) is 1.98. The molecule has 5 heteroatoms. The molecule has 0 aliphatic heterocycles. The van der Waals surface area contributed by atoms with E-state index >= 15 is 0 Å². The van der Waals surface area contributed by atoms with Crippen LogP contribution in [0.1, 0.15) is 543 Å². The van der Waals surface area contributed by atoms with Gasteiger partial charge in [0.05, 0.1) is 0 Å². The van der Waals surface area contributed by atoms with E-state index in [1.807, 2.05) is 0 Å².